The number of carbonyl (C=O) groups excluding carboxylic acids is 3. The SMILES string of the molecule is CCCCCC1CCC(C2CCCC(OCCC)([SiH2]OC(C)=CC(C)=O)C2([SiH2]OC(C)=CC(C)=O)[SiH2]OC(C)=CC(C)=O)CC1. The maximum Gasteiger partial charge on any atom is 0.250 e. The van der Waals surface area contributed by atoms with Crippen molar-refractivity contribution >= 4 is 46.6 Å². The molecule has 0 spiro atoms. The standard InChI is InChI=1S/C35H62O7Si3/c1-9-11-12-14-31-16-18-32(19-17-31)33-15-13-20-34(39-21-10-2,43-40-28(6)22-25(3)36)35(33,44-41-29(7)23-26(4)37)45-42-30(8)24-27(5)38/h22-24,31-33H,9-21,43-45H2,1-8H3. The normalized spacial score (nSPS) is 28.8. The second-order valence-corrected chi connectivity index (χ2v) is 20.1. The zero-order chi connectivity index (χ0) is 33.5. The summed E-state index contributed by atoms with van der Waals surface area (Å²) < 4.78 is 26.7. The highest BCUT2D eigenvalue weighted by Gasteiger charge is 2.63. The summed E-state index contributed by atoms with van der Waals surface area (Å²) >= 11 is 0. The van der Waals surface area contributed by atoms with E-state index in [1.54, 1.807) is 39.0 Å². The summed E-state index contributed by atoms with van der Waals surface area (Å²) in [6.07, 6.45) is 18.9. The van der Waals surface area contributed by atoms with Crippen molar-refractivity contribution in [3.8, 4) is 0 Å². The van der Waals surface area contributed by atoms with Gasteiger partial charge in [0.25, 0.3) is 9.76 Å². The average molecular weight is 679 g/mol. The lowest BCUT2D eigenvalue weighted by molar-refractivity contribution is -0.113. The quantitative estimate of drug-likeness (QED) is 0.0657. The zero-order valence-electron chi connectivity index (χ0n) is 29.6. The van der Waals surface area contributed by atoms with Crippen LogP contribution in [0, 0.1) is 17.8 Å². The molecule has 2 saturated carbocycles. The molecule has 0 radical (unpaired) electrons. The summed E-state index contributed by atoms with van der Waals surface area (Å²) in [5.74, 6) is 3.62. The fraction of sp³-hybridized carbons (Fsp3) is 0.743. The van der Waals surface area contributed by atoms with Crippen LogP contribution in [0.25, 0.3) is 0 Å². The molecule has 2 rings (SSSR count). The molecule has 0 aromatic carbocycles. The Bertz CT molecular complexity index is 1030. The molecular weight excluding hydrogens is 617 g/mol. The molecule has 0 aromatic rings. The predicted molar refractivity (Wildman–Crippen MR) is 191 cm³/mol. The van der Waals surface area contributed by atoms with E-state index < -0.39 is 34.5 Å². The fourth-order valence-corrected chi connectivity index (χ4v) is 15.3. The monoisotopic (exact) mass is 678 g/mol. The summed E-state index contributed by atoms with van der Waals surface area (Å²) in [6, 6.07) is 0. The van der Waals surface area contributed by atoms with E-state index in [4.69, 9.17) is 18.0 Å². The van der Waals surface area contributed by atoms with E-state index in [-0.39, 0.29) is 22.0 Å². The minimum absolute atomic E-state index is 0.0259. The largest absolute Gasteiger partial charge is 0.552 e. The van der Waals surface area contributed by atoms with Gasteiger partial charge in [0, 0.05) is 24.8 Å². The molecule has 7 nitrogen and oxygen atoms in total. The number of rotatable bonds is 20. The lowest BCUT2D eigenvalue weighted by Gasteiger charge is -2.58. The van der Waals surface area contributed by atoms with Crippen molar-refractivity contribution in [2.45, 2.75) is 142 Å². The minimum Gasteiger partial charge on any atom is -0.552 e. The number of ketones is 3. The van der Waals surface area contributed by atoms with Crippen LogP contribution in [0.2, 0.25) is 4.66 Å². The molecular formula is C35H62O7Si3. The first-order valence-electron chi connectivity index (χ1n) is 17.5. The lowest BCUT2D eigenvalue weighted by Crippen LogP contribution is -2.63. The fourth-order valence-electron chi connectivity index (χ4n) is 7.71. The molecule has 0 heterocycles. The Morgan fingerprint density at radius 3 is 1.67 bits per heavy atom. The van der Waals surface area contributed by atoms with Gasteiger partial charge in [0.15, 0.2) is 17.3 Å². The van der Waals surface area contributed by atoms with Crippen LogP contribution in [-0.2, 0) is 32.4 Å². The Balaban J connectivity index is 2.64. The van der Waals surface area contributed by atoms with Gasteiger partial charge in [-0.2, -0.15) is 0 Å². The van der Waals surface area contributed by atoms with Crippen molar-refractivity contribution in [1.29, 1.82) is 0 Å². The number of carbonyl (C=O) groups is 3. The Hall–Kier alpha value is -1.76. The summed E-state index contributed by atoms with van der Waals surface area (Å²) in [7, 11) is -4.14. The van der Waals surface area contributed by atoms with Crippen LogP contribution < -0.4 is 0 Å². The highest BCUT2D eigenvalue weighted by atomic mass is 28.3. The Morgan fingerprint density at radius 2 is 1.20 bits per heavy atom. The van der Waals surface area contributed by atoms with E-state index in [1.165, 1.54) is 51.4 Å². The number of unbranched alkanes of at least 4 members (excludes halogenated alkanes) is 2. The van der Waals surface area contributed by atoms with Crippen molar-refractivity contribution in [2.75, 3.05) is 6.61 Å². The molecule has 45 heavy (non-hydrogen) atoms. The van der Waals surface area contributed by atoms with Gasteiger partial charge < -0.3 is 18.0 Å². The Labute approximate surface area is 280 Å². The predicted octanol–water partition coefficient (Wildman–Crippen LogP) is 6.19. The zero-order valence-corrected chi connectivity index (χ0v) is 33.9. The molecule has 2 fully saturated rings. The van der Waals surface area contributed by atoms with Crippen LogP contribution in [0.3, 0.4) is 0 Å². The Morgan fingerprint density at radius 1 is 0.689 bits per heavy atom. The van der Waals surface area contributed by atoms with E-state index in [9.17, 15) is 14.4 Å². The van der Waals surface area contributed by atoms with Gasteiger partial charge in [0.2, 0.25) is 19.5 Å². The van der Waals surface area contributed by atoms with Crippen molar-refractivity contribution in [1.82, 2.24) is 0 Å². The number of allylic oxidation sites excluding steroid dienone is 6. The summed E-state index contributed by atoms with van der Waals surface area (Å²) in [5, 5.41) is -0.513. The highest BCUT2D eigenvalue weighted by molar-refractivity contribution is 6.60. The topological polar surface area (TPSA) is 88.1 Å². The second-order valence-electron chi connectivity index (χ2n) is 13.7. The third-order valence-electron chi connectivity index (χ3n) is 9.84. The van der Waals surface area contributed by atoms with Crippen molar-refractivity contribution in [2.24, 2.45) is 17.8 Å². The molecule has 2 aliphatic carbocycles. The second kappa shape index (κ2) is 19.8. The molecule has 0 aromatic heterocycles. The van der Waals surface area contributed by atoms with E-state index in [1.807, 2.05) is 20.8 Å². The summed E-state index contributed by atoms with van der Waals surface area (Å²) in [5.41, 5.74) is 0. The molecule has 0 aliphatic heterocycles. The molecule has 0 bridgehead atoms. The van der Waals surface area contributed by atoms with Gasteiger partial charge in [-0.15, -0.1) is 0 Å². The molecule has 0 N–H and O–H groups in total. The van der Waals surface area contributed by atoms with Crippen molar-refractivity contribution < 1.29 is 32.4 Å². The van der Waals surface area contributed by atoms with Crippen LogP contribution in [0.4, 0.5) is 0 Å². The lowest BCUT2D eigenvalue weighted by atomic mass is 9.68. The molecule has 256 valence electrons. The van der Waals surface area contributed by atoms with Gasteiger partial charge in [-0.3, -0.25) is 14.4 Å². The third-order valence-corrected chi connectivity index (χ3v) is 19.0. The summed E-state index contributed by atoms with van der Waals surface area (Å²) in [4.78, 5) is 35.9. The van der Waals surface area contributed by atoms with Gasteiger partial charge >= 0.3 is 0 Å². The highest BCUT2D eigenvalue weighted by Crippen LogP contribution is 2.59. The third kappa shape index (κ3) is 12.4. The van der Waals surface area contributed by atoms with Gasteiger partial charge in [0.05, 0.1) is 27.2 Å². The van der Waals surface area contributed by atoms with Crippen LogP contribution in [0.5, 0.6) is 0 Å². The van der Waals surface area contributed by atoms with Gasteiger partial charge in [0.1, 0.15) is 0 Å². The van der Waals surface area contributed by atoms with Crippen molar-refractivity contribution in [3.05, 3.63) is 35.5 Å². The van der Waals surface area contributed by atoms with Crippen LogP contribution in [0.1, 0.15) is 132 Å². The molecule has 0 amide bonds. The number of hydrogen-bond acceptors (Lipinski definition) is 7. The molecule has 2 atom stereocenters. The molecule has 0 saturated heterocycles. The van der Waals surface area contributed by atoms with Gasteiger partial charge in [-0.05, 0) is 91.4 Å². The first-order chi connectivity index (χ1) is 21.4. The maximum atomic E-state index is 12.0. The Kier molecular flexibility index (Phi) is 17.3. The maximum absolute atomic E-state index is 12.0. The number of hydrogen-bond donors (Lipinski definition) is 0. The first kappa shape index (κ1) is 39.4. The molecule has 2 unspecified atom stereocenters. The average Bonchev–Trinajstić information content (AvgIpc) is 2.97. The molecule has 10 heteroatoms. The first-order valence-corrected chi connectivity index (χ1v) is 21.3. The smallest absolute Gasteiger partial charge is 0.250 e. The summed E-state index contributed by atoms with van der Waals surface area (Å²) in [6.45, 7) is 15.3. The number of ether oxygens (including phenoxy) is 1. The van der Waals surface area contributed by atoms with Gasteiger partial charge in [-0.1, -0.05) is 58.8 Å². The van der Waals surface area contributed by atoms with E-state index in [0.29, 0.717) is 35.7 Å². The van der Waals surface area contributed by atoms with Crippen LogP contribution in [-0.4, -0.2) is 58.5 Å². The van der Waals surface area contributed by atoms with E-state index in [0.717, 1.165) is 31.6 Å². The minimum atomic E-state index is -1.39. The van der Waals surface area contributed by atoms with E-state index >= 15 is 0 Å². The van der Waals surface area contributed by atoms with E-state index in [2.05, 4.69) is 13.8 Å². The van der Waals surface area contributed by atoms with Crippen LogP contribution >= 0.6 is 0 Å². The van der Waals surface area contributed by atoms with Gasteiger partial charge in [-0.25, -0.2) is 0 Å². The van der Waals surface area contributed by atoms with Crippen molar-refractivity contribution in [3.63, 3.8) is 0 Å². The van der Waals surface area contributed by atoms with Crippen LogP contribution in [0.15, 0.2) is 35.5 Å². The molecule has 2 aliphatic rings.